The van der Waals surface area contributed by atoms with Gasteiger partial charge in [-0.25, -0.2) is 0 Å². The van der Waals surface area contributed by atoms with Crippen molar-refractivity contribution in [2.45, 2.75) is 20.8 Å². The molecule has 0 aromatic carbocycles. The summed E-state index contributed by atoms with van der Waals surface area (Å²) in [5.74, 6) is 0. The average molecular weight is 169 g/mol. The minimum Gasteiger partial charge on any atom is -0.378 e. The normalized spacial score (nSPS) is 19.4. The number of ether oxygens (including phenoxy) is 1. The van der Waals surface area contributed by atoms with Crippen molar-refractivity contribution >= 4 is 0 Å². The smallest absolute Gasteiger partial charge is 0.0642 e. The molecule has 1 aliphatic rings. The van der Waals surface area contributed by atoms with Gasteiger partial charge in [0.05, 0.1) is 13.2 Å². The molecule has 2 nitrogen and oxygen atoms in total. The van der Waals surface area contributed by atoms with Gasteiger partial charge in [0, 0.05) is 24.2 Å². The van der Waals surface area contributed by atoms with Gasteiger partial charge in [0.2, 0.25) is 0 Å². The summed E-state index contributed by atoms with van der Waals surface area (Å²) in [6, 6.07) is 0. The van der Waals surface area contributed by atoms with Crippen LogP contribution in [-0.2, 0) is 4.74 Å². The largest absolute Gasteiger partial charge is 0.378 e. The van der Waals surface area contributed by atoms with E-state index in [2.05, 4.69) is 32.3 Å². The fourth-order valence-electron chi connectivity index (χ4n) is 1.31. The highest BCUT2D eigenvalue weighted by atomic mass is 16.5. The standard InChI is InChI=1S/C10H19NO/c1-9(10(2,3)4)11-5-7-12-8-6-11/h1,5-8H2,2-4H3. The van der Waals surface area contributed by atoms with Gasteiger partial charge in [-0.15, -0.1) is 0 Å². The van der Waals surface area contributed by atoms with Gasteiger partial charge in [0.25, 0.3) is 0 Å². The topological polar surface area (TPSA) is 12.5 Å². The zero-order valence-electron chi connectivity index (χ0n) is 8.39. The Bertz CT molecular complexity index is 163. The molecule has 0 spiro atoms. The maximum absolute atomic E-state index is 5.28. The van der Waals surface area contributed by atoms with E-state index in [1.807, 2.05) is 0 Å². The third-order valence-electron chi connectivity index (χ3n) is 2.26. The van der Waals surface area contributed by atoms with E-state index in [0.717, 1.165) is 26.3 Å². The zero-order valence-corrected chi connectivity index (χ0v) is 8.39. The maximum Gasteiger partial charge on any atom is 0.0642 e. The predicted octanol–water partition coefficient (Wildman–Crippen LogP) is 1.88. The van der Waals surface area contributed by atoms with Crippen LogP contribution in [-0.4, -0.2) is 31.2 Å². The van der Waals surface area contributed by atoms with Crippen molar-refractivity contribution in [1.29, 1.82) is 0 Å². The lowest BCUT2D eigenvalue weighted by Crippen LogP contribution is -2.38. The Morgan fingerprint density at radius 3 is 2.17 bits per heavy atom. The first-order valence-electron chi connectivity index (χ1n) is 4.54. The molecule has 0 aromatic heterocycles. The second-order valence-electron chi connectivity index (χ2n) is 4.30. The van der Waals surface area contributed by atoms with Gasteiger partial charge in [-0.3, -0.25) is 0 Å². The molecule has 2 heteroatoms. The summed E-state index contributed by atoms with van der Waals surface area (Å²) >= 11 is 0. The number of nitrogens with zero attached hydrogens (tertiary/aromatic N) is 1. The second kappa shape index (κ2) is 3.48. The number of hydrogen-bond acceptors (Lipinski definition) is 2. The van der Waals surface area contributed by atoms with Crippen LogP contribution in [0.25, 0.3) is 0 Å². The summed E-state index contributed by atoms with van der Waals surface area (Å²) in [4.78, 5) is 2.32. The first kappa shape index (κ1) is 9.59. The summed E-state index contributed by atoms with van der Waals surface area (Å²) in [7, 11) is 0. The molecule has 1 heterocycles. The Morgan fingerprint density at radius 2 is 1.75 bits per heavy atom. The highest BCUT2D eigenvalue weighted by Crippen LogP contribution is 2.26. The monoisotopic (exact) mass is 169 g/mol. The Morgan fingerprint density at radius 1 is 1.25 bits per heavy atom. The van der Waals surface area contributed by atoms with Gasteiger partial charge in [0.15, 0.2) is 0 Å². The van der Waals surface area contributed by atoms with Crippen molar-refractivity contribution in [2.75, 3.05) is 26.3 Å². The molecule has 0 N–H and O–H groups in total. The van der Waals surface area contributed by atoms with Gasteiger partial charge in [0.1, 0.15) is 0 Å². The molecular weight excluding hydrogens is 150 g/mol. The summed E-state index contributed by atoms with van der Waals surface area (Å²) in [5, 5.41) is 0. The lowest BCUT2D eigenvalue weighted by atomic mass is 9.92. The fourth-order valence-corrected chi connectivity index (χ4v) is 1.31. The van der Waals surface area contributed by atoms with Crippen LogP contribution in [0.3, 0.4) is 0 Å². The van der Waals surface area contributed by atoms with Crippen LogP contribution < -0.4 is 0 Å². The van der Waals surface area contributed by atoms with Gasteiger partial charge in [-0.1, -0.05) is 27.4 Å². The van der Waals surface area contributed by atoms with Crippen LogP contribution in [0.2, 0.25) is 0 Å². The number of allylic oxidation sites excluding steroid dienone is 1. The molecule has 0 aromatic rings. The van der Waals surface area contributed by atoms with Crippen LogP contribution in [0.4, 0.5) is 0 Å². The Balaban J connectivity index is 2.51. The number of hydrogen-bond donors (Lipinski definition) is 0. The fraction of sp³-hybridized carbons (Fsp3) is 0.800. The van der Waals surface area contributed by atoms with Crippen LogP contribution in [0, 0.1) is 5.41 Å². The molecule has 1 rings (SSSR count). The molecule has 0 atom stereocenters. The number of morpholine rings is 1. The molecule has 70 valence electrons. The van der Waals surface area contributed by atoms with E-state index >= 15 is 0 Å². The zero-order chi connectivity index (χ0) is 9.19. The molecule has 0 bridgehead atoms. The van der Waals surface area contributed by atoms with Crippen molar-refractivity contribution in [3.63, 3.8) is 0 Å². The Hall–Kier alpha value is -0.500. The van der Waals surface area contributed by atoms with Crippen LogP contribution >= 0.6 is 0 Å². The van der Waals surface area contributed by atoms with Crippen LogP contribution in [0.1, 0.15) is 20.8 Å². The third-order valence-corrected chi connectivity index (χ3v) is 2.26. The quantitative estimate of drug-likeness (QED) is 0.594. The van der Waals surface area contributed by atoms with Crippen molar-refractivity contribution in [3.8, 4) is 0 Å². The Labute approximate surface area is 75.2 Å². The van der Waals surface area contributed by atoms with E-state index < -0.39 is 0 Å². The van der Waals surface area contributed by atoms with Crippen LogP contribution in [0.5, 0.6) is 0 Å². The SMILES string of the molecule is C=C(N1CCOCC1)C(C)(C)C. The molecule has 0 saturated carbocycles. The third kappa shape index (κ3) is 2.24. The second-order valence-corrected chi connectivity index (χ2v) is 4.30. The van der Waals surface area contributed by atoms with E-state index in [9.17, 15) is 0 Å². The van der Waals surface area contributed by atoms with Gasteiger partial charge in [-0.05, 0) is 0 Å². The molecular formula is C10H19NO. The highest BCUT2D eigenvalue weighted by molar-refractivity contribution is 5.04. The highest BCUT2D eigenvalue weighted by Gasteiger charge is 2.21. The lowest BCUT2D eigenvalue weighted by molar-refractivity contribution is 0.0451. The molecule has 0 radical (unpaired) electrons. The first-order chi connectivity index (χ1) is 5.52. The number of rotatable bonds is 1. The van der Waals surface area contributed by atoms with Crippen molar-refractivity contribution in [3.05, 3.63) is 12.3 Å². The molecule has 0 aliphatic carbocycles. The van der Waals surface area contributed by atoms with Crippen molar-refractivity contribution in [1.82, 2.24) is 4.90 Å². The molecule has 0 unspecified atom stereocenters. The van der Waals surface area contributed by atoms with E-state index in [1.165, 1.54) is 5.70 Å². The van der Waals surface area contributed by atoms with Crippen LogP contribution in [0.15, 0.2) is 12.3 Å². The van der Waals surface area contributed by atoms with Gasteiger partial charge >= 0.3 is 0 Å². The van der Waals surface area contributed by atoms with E-state index in [-0.39, 0.29) is 5.41 Å². The molecule has 1 fully saturated rings. The predicted molar refractivity (Wildman–Crippen MR) is 51.0 cm³/mol. The average Bonchev–Trinajstić information content (AvgIpc) is 2.03. The molecule has 0 amide bonds. The van der Waals surface area contributed by atoms with Gasteiger partial charge < -0.3 is 9.64 Å². The molecule has 12 heavy (non-hydrogen) atoms. The lowest BCUT2D eigenvalue weighted by Gasteiger charge is -2.36. The first-order valence-corrected chi connectivity index (χ1v) is 4.54. The summed E-state index contributed by atoms with van der Waals surface area (Å²) in [6.07, 6.45) is 0. The van der Waals surface area contributed by atoms with Crippen molar-refractivity contribution in [2.24, 2.45) is 5.41 Å². The van der Waals surface area contributed by atoms with E-state index in [0.29, 0.717) is 0 Å². The van der Waals surface area contributed by atoms with E-state index in [4.69, 9.17) is 4.74 Å². The summed E-state index contributed by atoms with van der Waals surface area (Å²) in [5.41, 5.74) is 1.42. The Kier molecular flexibility index (Phi) is 2.78. The molecule has 1 saturated heterocycles. The summed E-state index contributed by atoms with van der Waals surface area (Å²) in [6.45, 7) is 14.4. The minimum atomic E-state index is 0.192. The van der Waals surface area contributed by atoms with Crippen molar-refractivity contribution < 1.29 is 4.74 Å². The minimum absolute atomic E-state index is 0.192. The summed E-state index contributed by atoms with van der Waals surface area (Å²) < 4.78 is 5.28. The van der Waals surface area contributed by atoms with E-state index in [1.54, 1.807) is 0 Å². The maximum atomic E-state index is 5.28. The van der Waals surface area contributed by atoms with Gasteiger partial charge in [-0.2, -0.15) is 0 Å². The molecule has 1 aliphatic heterocycles.